The third-order valence-corrected chi connectivity index (χ3v) is 4.97. The Hall–Kier alpha value is -1.42. The molecular weight excluding hydrogens is 469 g/mol. The van der Waals surface area contributed by atoms with Crippen LogP contribution in [0.2, 0.25) is 0 Å². The number of aromatic nitrogens is 1. The van der Waals surface area contributed by atoms with Crippen LogP contribution in [0, 0.1) is 12.3 Å². The van der Waals surface area contributed by atoms with Crippen LogP contribution < -0.4 is 16.0 Å². The first-order valence-corrected chi connectivity index (χ1v) is 9.81. The van der Waals surface area contributed by atoms with Crippen LogP contribution >= 0.6 is 24.0 Å². The van der Waals surface area contributed by atoms with Crippen molar-refractivity contribution in [1.29, 1.82) is 0 Å². The summed E-state index contributed by atoms with van der Waals surface area (Å²) < 4.78 is 5.25. The standard InChI is InChI=1S/C20H33N5O2.HI/c1-4-21-19(23-15-20(10-6-11-20)12-14-27-3)22-13-9-18(26)25-17-8-5-7-16(2)24-17;/h5,7-8H,4,6,9-15H2,1-3H3,(H2,21,22,23)(H,24,25,26);1H. The van der Waals surface area contributed by atoms with Crippen molar-refractivity contribution in [2.75, 3.05) is 38.7 Å². The minimum absolute atomic E-state index is 0. The van der Waals surface area contributed by atoms with E-state index in [-0.39, 0.29) is 35.3 Å². The second-order valence-corrected chi connectivity index (χ2v) is 7.18. The Kier molecular flexibility index (Phi) is 11.4. The monoisotopic (exact) mass is 503 g/mol. The van der Waals surface area contributed by atoms with Crippen molar-refractivity contribution in [3.05, 3.63) is 23.9 Å². The first-order valence-electron chi connectivity index (χ1n) is 9.81. The number of guanidine groups is 1. The maximum absolute atomic E-state index is 12.1. The van der Waals surface area contributed by atoms with Crippen LogP contribution in [0.15, 0.2) is 23.2 Å². The van der Waals surface area contributed by atoms with Gasteiger partial charge in [0, 0.05) is 45.5 Å². The van der Waals surface area contributed by atoms with Gasteiger partial charge in [-0.2, -0.15) is 0 Å². The number of rotatable bonds is 10. The number of nitrogens with zero attached hydrogens (tertiary/aromatic N) is 2. The van der Waals surface area contributed by atoms with E-state index in [1.807, 2.05) is 26.0 Å². The van der Waals surface area contributed by atoms with Gasteiger partial charge in [0.1, 0.15) is 5.82 Å². The van der Waals surface area contributed by atoms with E-state index < -0.39 is 0 Å². The summed E-state index contributed by atoms with van der Waals surface area (Å²) in [5.74, 6) is 1.29. The molecule has 0 bridgehead atoms. The van der Waals surface area contributed by atoms with Crippen LogP contribution in [0.3, 0.4) is 0 Å². The fraction of sp³-hybridized carbons (Fsp3) is 0.650. The number of methoxy groups -OCH3 is 1. The molecule has 0 unspecified atom stereocenters. The molecule has 0 radical (unpaired) electrons. The van der Waals surface area contributed by atoms with E-state index in [1.165, 1.54) is 19.3 Å². The van der Waals surface area contributed by atoms with Crippen LogP contribution in [0.25, 0.3) is 0 Å². The minimum Gasteiger partial charge on any atom is -0.385 e. The second-order valence-electron chi connectivity index (χ2n) is 7.18. The summed E-state index contributed by atoms with van der Waals surface area (Å²) >= 11 is 0. The zero-order valence-corrected chi connectivity index (χ0v) is 19.5. The molecule has 0 spiro atoms. The first kappa shape index (κ1) is 24.6. The maximum Gasteiger partial charge on any atom is 0.227 e. The normalized spacial score (nSPS) is 15.2. The molecule has 0 atom stereocenters. The van der Waals surface area contributed by atoms with Crippen LogP contribution in [0.5, 0.6) is 0 Å². The Morgan fingerprint density at radius 3 is 2.71 bits per heavy atom. The lowest BCUT2D eigenvalue weighted by Crippen LogP contribution is -2.41. The van der Waals surface area contributed by atoms with Gasteiger partial charge in [0.2, 0.25) is 5.91 Å². The number of halogens is 1. The van der Waals surface area contributed by atoms with E-state index >= 15 is 0 Å². The lowest BCUT2D eigenvalue weighted by atomic mass is 9.67. The van der Waals surface area contributed by atoms with Crippen molar-refractivity contribution >= 4 is 41.7 Å². The van der Waals surface area contributed by atoms with Gasteiger partial charge in [-0.05, 0) is 50.7 Å². The van der Waals surface area contributed by atoms with Gasteiger partial charge >= 0.3 is 0 Å². The van der Waals surface area contributed by atoms with Crippen molar-refractivity contribution < 1.29 is 9.53 Å². The molecule has 158 valence electrons. The van der Waals surface area contributed by atoms with E-state index in [9.17, 15) is 4.79 Å². The fourth-order valence-corrected chi connectivity index (χ4v) is 3.18. The molecular formula is C20H34IN5O2. The highest BCUT2D eigenvalue weighted by Gasteiger charge is 2.36. The van der Waals surface area contributed by atoms with E-state index in [4.69, 9.17) is 9.73 Å². The number of nitrogens with one attached hydrogen (secondary N) is 3. The molecule has 28 heavy (non-hydrogen) atoms. The molecule has 1 amide bonds. The molecule has 1 heterocycles. The average molecular weight is 503 g/mol. The quantitative estimate of drug-likeness (QED) is 0.260. The van der Waals surface area contributed by atoms with Crippen LogP contribution in [0.1, 0.15) is 44.7 Å². The molecule has 1 aromatic rings. The maximum atomic E-state index is 12.1. The predicted octanol–water partition coefficient (Wildman–Crippen LogP) is 3.10. The molecule has 0 aromatic carbocycles. The summed E-state index contributed by atoms with van der Waals surface area (Å²) in [5, 5.41) is 9.33. The molecule has 1 saturated carbocycles. The number of carbonyl (C=O) groups excluding carboxylic acids is 1. The third kappa shape index (κ3) is 8.30. The highest BCUT2D eigenvalue weighted by atomic mass is 127. The van der Waals surface area contributed by atoms with Crippen LogP contribution in [-0.2, 0) is 9.53 Å². The summed E-state index contributed by atoms with van der Waals surface area (Å²) in [4.78, 5) is 21.1. The second kappa shape index (κ2) is 12.9. The number of aryl methyl sites for hydroxylation is 1. The average Bonchev–Trinajstić information content (AvgIpc) is 2.60. The van der Waals surface area contributed by atoms with Gasteiger partial charge < -0.3 is 20.7 Å². The van der Waals surface area contributed by atoms with Crippen molar-refractivity contribution in [1.82, 2.24) is 15.6 Å². The van der Waals surface area contributed by atoms with Crippen LogP contribution in [-0.4, -0.2) is 50.2 Å². The molecule has 1 aliphatic carbocycles. The Balaban J connectivity index is 0.00000392. The number of pyridine rings is 1. The number of aliphatic imine (C=N–C) groups is 1. The van der Waals surface area contributed by atoms with E-state index in [0.717, 1.165) is 37.8 Å². The molecule has 1 aromatic heterocycles. The predicted molar refractivity (Wildman–Crippen MR) is 124 cm³/mol. The topological polar surface area (TPSA) is 87.6 Å². The Morgan fingerprint density at radius 2 is 2.11 bits per heavy atom. The van der Waals surface area contributed by atoms with Crippen molar-refractivity contribution in [3.8, 4) is 0 Å². The van der Waals surface area contributed by atoms with Gasteiger partial charge in [-0.1, -0.05) is 12.5 Å². The number of hydrogen-bond donors (Lipinski definition) is 3. The Labute approximate surface area is 185 Å². The minimum atomic E-state index is -0.0630. The van der Waals surface area contributed by atoms with E-state index in [0.29, 0.717) is 18.8 Å². The van der Waals surface area contributed by atoms with Crippen molar-refractivity contribution in [2.45, 2.75) is 46.0 Å². The van der Waals surface area contributed by atoms with Gasteiger partial charge in [0.25, 0.3) is 0 Å². The number of amides is 1. The van der Waals surface area contributed by atoms with Gasteiger partial charge in [-0.15, -0.1) is 24.0 Å². The fourth-order valence-electron chi connectivity index (χ4n) is 3.18. The lowest BCUT2D eigenvalue weighted by Gasteiger charge is -2.40. The summed E-state index contributed by atoms with van der Waals surface area (Å²) in [6, 6.07) is 5.58. The molecule has 0 saturated heterocycles. The number of anilines is 1. The van der Waals surface area contributed by atoms with E-state index in [2.05, 4.69) is 20.9 Å². The molecule has 2 rings (SSSR count). The smallest absolute Gasteiger partial charge is 0.227 e. The first-order chi connectivity index (χ1) is 13.1. The van der Waals surface area contributed by atoms with Crippen LogP contribution in [0.4, 0.5) is 5.82 Å². The Bertz CT molecular complexity index is 635. The van der Waals surface area contributed by atoms with Gasteiger partial charge in [0.15, 0.2) is 5.96 Å². The summed E-state index contributed by atoms with van der Waals surface area (Å²) in [6.45, 7) is 6.83. The third-order valence-electron chi connectivity index (χ3n) is 4.97. The largest absolute Gasteiger partial charge is 0.385 e. The summed E-state index contributed by atoms with van der Waals surface area (Å²) in [5.41, 5.74) is 1.16. The zero-order chi connectivity index (χ0) is 19.5. The molecule has 3 N–H and O–H groups in total. The van der Waals surface area contributed by atoms with Crippen molar-refractivity contribution in [2.24, 2.45) is 10.4 Å². The zero-order valence-electron chi connectivity index (χ0n) is 17.2. The molecule has 7 nitrogen and oxygen atoms in total. The van der Waals surface area contributed by atoms with E-state index in [1.54, 1.807) is 13.2 Å². The SMILES string of the molecule is CCNC(=NCC1(CCOC)CCC1)NCCC(=O)Nc1cccc(C)n1.I. The molecule has 8 heteroatoms. The highest BCUT2D eigenvalue weighted by molar-refractivity contribution is 14.0. The lowest BCUT2D eigenvalue weighted by molar-refractivity contribution is -0.116. The molecule has 1 fully saturated rings. The van der Waals surface area contributed by atoms with Gasteiger partial charge in [0.05, 0.1) is 0 Å². The number of ether oxygens (including phenoxy) is 1. The van der Waals surface area contributed by atoms with Gasteiger partial charge in [-0.25, -0.2) is 4.98 Å². The Morgan fingerprint density at radius 1 is 1.32 bits per heavy atom. The molecule has 0 aliphatic heterocycles. The number of hydrogen-bond acceptors (Lipinski definition) is 4. The van der Waals surface area contributed by atoms with Gasteiger partial charge in [-0.3, -0.25) is 9.79 Å². The highest BCUT2D eigenvalue weighted by Crippen LogP contribution is 2.44. The summed E-state index contributed by atoms with van der Waals surface area (Å²) in [7, 11) is 1.75. The number of carbonyl (C=O) groups is 1. The van der Waals surface area contributed by atoms with Crippen molar-refractivity contribution in [3.63, 3.8) is 0 Å². The molecule has 1 aliphatic rings. The summed E-state index contributed by atoms with van der Waals surface area (Å²) in [6.07, 6.45) is 5.11.